The van der Waals surface area contributed by atoms with E-state index in [1.54, 1.807) is 25.1 Å². The number of hydrazone groups is 1. The Labute approximate surface area is 162 Å². The van der Waals surface area contributed by atoms with E-state index in [-0.39, 0.29) is 28.5 Å². The van der Waals surface area contributed by atoms with Gasteiger partial charge in [0.25, 0.3) is 17.5 Å². The van der Waals surface area contributed by atoms with Crippen molar-refractivity contribution in [3.05, 3.63) is 51.8 Å². The third-order valence-corrected chi connectivity index (χ3v) is 4.17. The van der Waals surface area contributed by atoms with Crippen molar-refractivity contribution in [1.82, 2.24) is 20.6 Å². The minimum absolute atomic E-state index is 0.0201. The summed E-state index contributed by atoms with van der Waals surface area (Å²) in [5, 5.41) is 29.7. The maximum Gasteiger partial charge on any atom is 0.293 e. The number of carbonyl (C=O) groups is 1. The second-order valence-electron chi connectivity index (χ2n) is 5.91. The van der Waals surface area contributed by atoms with Crippen molar-refractivity contribution in [2.75, 3.05) is 12.1 Å². The van der Waals surface area contributed by atoms with Crippen LogP contribution in [0.5, 0.6) is 5.75 Å². The van der Waals surface area contributed by atoms with E-state index in [2.05, 4.69) is 25.7 Å². The third-order valence-electron chi connectivity index (χ3n) is 4.17. The second-order valence-corrected chi connectivity index (χ2v) is 5.91. The lowest BCUT2D eigenvalue weighted by molar-refractivity contribution is -0.384. The zero-order valence-electron chi connectivity index (χ0n) is 15.2. The summed E-state index contributed by atoms with van der Waals surface area (Å²) in [7, 11) is 1.43. The Hall–Kier alpha value is -4.35. The molecular weight excluding hydrogens is 382 g/mol. The van der Waals surface area contributed by atoms with Gasteiger partial charge in [-0.25, -0.2) is 0 Å². The first kappa shape index (κ1) is 18.0. The molecule has 0 fully saturated rings. The molecule has 1 aliphatic heterocycles. The van der Waals surface area contributed by atoms with Gasteiger partial charge in [0, 0.05) is 0 Å². The van der Waals surface area contributed by atoms with E-state index in [0.29, 0.717) is 17.2 Å². The van der Waals surface area contributed by atoms with Crippen LogP contribution in [0.25, 0.3) is 17.4 Å². The fourth-order valence-corrected chi connectivity index (χ4v) is 2.78. The number of hydrogen-bond donors (Lipinski definition) is 1. The van der Waals surface area contributed by atoms with Crippen LogP contribution >= 0.6 is 0 Å². The summed E-state index contributed by atoms with van der Waals surface area (Å²) in [6, 6.07) is 7.65. The van der Waals surface area contributed by atoms with Crippen LogP contribution in [0.15, 0.2) is 45.4 Å². The largest absolute Gasteiger partial charge is 0.497 e. The minimum atomic E-state index is -0.515. The standard InChI is InChI=1S/C17H13N7O5/c1-9-13(16(25)23(20-9)17-18-21-22-19-17)7-11-4-6-15(29-11)12-5-3-10(28-2)8-14(12)24(26)27/h3-8H,1-2H3,(H,18,19,21,22). The summed E-state index contributed by atoms with van der Waals surface area (Å²) in [6.07, 6.45) is 1.50. The molecule has 29 heavy (non-hydrogen) atoms. The molecule has 1 aromatic carbocycles. The molecule has 12 nitrogen and oxygen atoms in total. The van der Waals surface area contributed by atoms with E-state index >= 15 is 0 Å². The van der Waals surface area contributed by atoms with Gasteiger partial charge in [0.2, 0.25) is 0 Å². The zero-order chi connectivity index (χ0) is 20.5. The molecule has 0 radical (unpaired) electrons. The van der Waals surface area contributed by atoms with E-state index in [9.17, 15) is 14.9 Å². The molecule has 146 valence electrons. The average molecular weight is 395 g/mol. The van der Waals surface area contributed by atoms with Crippen molar-refractivity contribution in [1.29, 1.82) is 0 Å². The number of nitrogens with zero attached hydrogens (tertiary/aromatic N) is 6. The number of ether oxygens (including phenoxy) is 1. The lowest BCUT2D eigenvalue weighted by Crippen LogP contribution is -2.22. The Morgan fingerprint density at radius 3 is 2.83 bits per heavy atom. The van der Waals surface area contributed by atoms with Crippen LogP contribution in [0, 0.1) is 10.1 Å². The Balaban J connectivity index is 1.66. The number of methoxy groups -OCH3 is 1. The zero-order valence-corrected chi connectivity index (χ0v) is 15.2. The molecule has 0 saturated carbocycles. The van der Waals surface area contributed by atoms with Crippen LogP contribution in [0.3, 0.4) is 0 Å². The highest BCUT2D eigenvalue weighted by Gasteiger charge is 2.31. The number of tetrazole rings is 1. The maximum atomic E-state index is 12.6. The third kappa shape index (κ3) is 3.22. The van der Waals surface area contributed by atoms with Crippen molar-refractivity contribution in [2.45, 2.75) is 6.92 Å². The van der Waals surface area contributed by atoms with Gasteiger partial charge < -0.3 is 9.15 Å². The number of aromatic nitrogens is 4. The molecule has 1 aliphatic rings. The molecular formula is C17H13N7O5. The topological polar surface area (TPSA) is 153 Å². The van der Waals surface area contributed by atoms with Crippen molar-refractivity contribution in [3.8, 4) is 17.1 Å². The SMILES string of the molecule is COc1ccc(-c2ccc(C=C3C(=O)N(c4nn[nH]n4)N=C3C)o2)c([N+](=O)[O-])c1. The van der Waals surface area contributed by atoms with E-state index in [0.717, 1.165) is 5.01 Å². The molecule has 0 spiro atoms. The number of nitrogens with one attached hydrogen (secondary N) is 1. The molecule has 12 heteroatoms. The summed E-state index contributed by atoms with van der Waals surface area (Å²) in [5.74, 6) is 0.544. The smallest absolute Gasteiger partial charge is 0.293 e. The normalized spacial score (nSPS) is 15.1. The maximum absolute atomic E-state index is 12.6. The van der Waals surface area contributed by atoms with Crippen LogP contribution < -0.4 is 9.75 Å². The van der Waals surface area contributed by atoms with Crippen LogP contribution in [-0.2, 0) is 4.79 Å². The number of benzene rings is 1. The van der Waals surface area contributed by atoms with Crippen molar-refractivity contribution in [2.24, 2.45) is 5.10 Å². The molecule has 0 bridgehead atoms. The quantitative estimate of drug-likeness (QED) is 0.392. The first-order valence-corrected chi connectivity index (χ1v) is 8.25. The van der Waals surface area contributed by atoms with Gasteiger partial charge in [0.1, 0.15) is 17.3 Å². The number of rotatable bonds is 5. The summed E-state index contributed by atoms with van der Waals surface area (Å²) >= 11 is 0. The predicted octanol–water partition coefficient (Wildman–Crippen LogP) is 2.18. The number of amides is 1. The summed E-state index contributed by atoms with van der Waals surface area (Å²) in [4.78, 5) is 23.5. The second kappa shape index (κ2) is 6.99. The fraction of sp³-hybridized carbons (Fsp3) is 0.118. The Morgan fingerprint density at radius 1 is 1.31 bits per heavy atom. The first-order chi connectivity index (χ1) is 14.0. The number of furan rings is 1. The van der Waals surface area contributed by atoms with Gasteiger partial charge in [0.15, 0.2) is 0 Å². The van der Waals surface area contributed by atoms with Gasteiger partial charge in [-0.15, -0.1) is 5.10 Å². The van der Waals surface area contributed by atoms with Gasteiger partial charge in [0.05, 0.1) is 34.9 Å². The van der Waals surface area contributed by atoms with Gasteiger partial charge in [-0.2, -0.15) is 15.3 Å². The van der Waals surface area contributed by atoms with E-state index in [1.165, 1.54) is 25.3 Å². The fourth-order valence-electron chi connectivity index (χ4n) is 2.78. The number of nitro groups is 1. The van der Waals surface area contributed by atoms with Gasteiger partial charge in [-0.1, -0.05) is 5.10 Å². The Kier molecular flexibility index (Phi) is 4.35. The van der Waals surface area contributed by atoms with Crippen LogP contribution in [0.4, 0.5) is 11.6 Å². The molecule has 4 rings (SSSR count). The highest BCUT2D eigenvalue weighted by atomic mass is 16.6. The first-order valence-electron chi connectivity index (χ1n) is 8.25. The van der Waals surface area contributed by atoms with Gasteiger partial charge in [-0.3, -0.25) is 14.9 Å². The van der Waals surface area contributed by atoms with Crippen molar-refractivity contribution >= 4 is 29.3 Å². The van der Waals surface area contributed by atoms with Gasteiger partial charge >= 0.3 is 0 Å². The number of carbonyl (C=O) groups excluding carboxylic acids is 1. The summed E-state index contributed by atoms with van der Waals surface area (Å²) in [6.45, 7) is 1.65. The molecule has 0 aliphatic carbocycles. The van der Waals surface area contributed by atoms with Crippen molar-refractivity contribution < 1.29 is 18.9 Å². The Morgan fingerprint density at radius 2 is 2.14 bits per heavy atom. The van der Waals surface area contributed by atoms with Crippen LogP contribution in [-0.4, -0.2) is 44.3 Å². The summed E-state index contributed by atoms with van der Waals surface area (Å²) < 4.78 is 10.8. The molecule has 1 amide bonds. The highest BCUT2D eigenvalue weighted by Crippen LogP contribution is 2.34. The van der Waals surface area contributed by atoms with Crippen LogP contribution in [0.1, 0.15) is 12.7 Å². The van der Waals surface area contributed by atoms with Crippen molar-refractivity contribution in [3.63, 3.8) is 0 Å². The van der Waals surface area contributed by atoms with E-state index in [4.69, 9.17) is 9.15 Å². The van der Waals surface area contributed by atoms with E-state index < -0.39 is 10.8 Å². The summed E-state index contributed by atoms with van der Waals surface area (Å²) in [5.41, 5.74) is 0.848. The van der Waals surface area contributed by atoms with Gasteiger partial charge in [-0.05, 0) is 42.5 Å². The lowest BCUT2D eigenvalue weighted by Gasteiger charge is -2.04. The molecule has 0 unspecified atom stereocenters. The molecule has 0 saturated heterocycles. The van der Waals surface area contributed by atoms with E-state index in [1.807, 2.05) is 0 Å². The molecule has 2 aromatic heterocycles. The number of anilines is 1. The highest BCUT2D eigenvalue weighted by molar-refractivity contribution is 6.31. The molecule has 0 atom stereocenters. The predicted molar refractivity (Wildman–Crippen MR) is 100 cm³/mol. The molecule has 1 N–H and O–H groups in total. The minimum Gasteiger partial charge on any atom is -0.497 e. The number of aromatic amines is 1. The Bertz CT molecular complexity index is 1160. The number of hydrogen-bond acceptors (Lipinski definition) is 9. The lowest BCUT2D eigenvalue weighted by atomic mass is 10.1. The molecule has 3 heterocycles. The molecule has 3 aromatic rings. The number of H-pyrrole nitrogens is 1. The average Bonchev–Trinajstić information content (AvgIpc) is 3.45. The number of nitro benzene ring substituents is 1. The van der Waals surface area contributed by atoms with Crippen LogP contribution in [0.2, 0.25) is 0 Å². The monoisotopic (exact) mass is 395 g/mol.